The molecule has 1 saturated carbocycles. The first kappa shape index (κ1) is 10.3. The van der Waals surface area contributed by atoms with Crippen molar-refractivity contribution < 1.29 is 9.53 Å². The zero-order valence-corrected chi connectivity index (χ0v) is 8.72. The maximum absolute atomic E-state index is 11.6. The van der Waals surface area contributed by atoms with Gasteiger partial charge in [-0.15, -0.1) is 0 Å². The minimum absolute atomic E-state index is 0.0609. The van der Waals surface area contributed by atoms with Crippen molar-refractivity contribution in [3.63, 3.8) is 0 Å². The summed E-state index contributed by atoms with van der Waals surface area (Å²) in [5.74, 6) is 0.265. The molecular weight excluding hydrogens is 164 g/mol. The predicted molar refractivity (Wildman–Crippen MR) is 52.3 cm³/mol. The van der Waals surface area contributed by atoms with Crippen LogP contribution in [-0.4, -0.2) is 12.6 Å². The van der Waals surface area contributed by atoms with Crippen molar-refractivity contribution in [1.29, 1.82) is 0 Å². The summed E-state index contributed by atoms with van der Waals surface area (Å²) < 4.78 is 5.05. The van der Waals surface area contributed by atoms with Crippen LogP contribution < -0.4 is 0 Å². The molecule has 0 saturated heterocycles. The molecule has 1 aliphatic carbocycles. The molecule has 2 heteroatoms. The highest BCUT2D eigenvalue weighted by Crippen LogP contribution is 2.50. The molecule has 0 heterocycles. The number of allylic oxidation sites excluding steroid dienone is 1. The Labute approximate surface area is 80.0 Å². The van der Waals surface area contributed by atoms with Crippen LogP contribution in [0.15, 0.2) is 12.2 Å². The van der Waals surface area contributed by atoms with Crippen LogP contribution in [0.2, 0.25) is 0 Å². The summed E-state index contributed by atoms with van der Waals surface area (Å²) >= 11 is 0. The fourth-order valence-electron chi connectivity index (χ4n) is 2.05. The van der Waals surface area contributed by atoms with Crippen molar-refractivity contribution >= 4 is 5.97 Å². The van der Waals surface area contributed by atoms with Gasteiger partial charge in [-0.3, -0.25) is 4.79 Å². The van der Waals surface area contributed by atoms with Crippen molar-refractivity contribution in [3.05, 3.63) is 12.2 Å². The quantitative estimate of drug-likeness (QED) is 0.495. The fraction of sp³-hybridized carbons (Fsp3) is 0.727. The molecule has 0 aliphatic heterocycles. The van der Waals surface area contributed by atoms with Gasteiger partial charge >= 0.3 is 5.97 Å². The molecule has 0 amide bonds. The number of hydrogen-bond donors (Lipinski definition) is 0. The largest absolute Gasteiger partial charge is 0.466 e. The van der Waals surface area contributed by atoms with Crippen LogP contribution in [0.5, 0.6) is 0 Å². The molecule has 2 nitrogen and oxygen atoms in total. The van der Waals surface area contributed by atoms with Gasteiger partial charge in [0.1, 0.15) is 0 Å². The Kier molecular flexibility index (Phi) is 2.79. The lowest BCUT2D eigenvalue weighted by molar-refractivity contribution is -0.163. The van der Waals surface area contributed by atoms with Crippen LogP contribution >= 0.6 is 0 Å². The molecule has 0 radical (unpaired) electrons. The van der Waals surface area contributed by atoms with Gasteiger partial charge in [-0.2, -0.15) is 0 Å². The average Bonchev–Trinajstić information content (AvgIpc) is 2.00. The minimum atomic E-state index is -0.290. The zero-order valence-electron chi connectivity index (χ0n) is 8.72. The molecular formula is C11H18O2. The van der Waals surface area contributed by atoms with E-state index in [2.05, 4.69) is 6.58 Å². The molecule has 1 rings (SSSR count). The SMILES string of the molecule is C=C(C)[C@H]1CC[C@]1(C)C(=O)OCC. The van der Waals surface area contributed by atoms with E-state index >= 15 is 0 Å². The second-order valence-electron chi connectivity index (χ2n) is 4.08. The third kappa shape index (κ3) is 1.62. The normalized spacial score (nSPS) is 32.1. The molecule has 0 N–H and O–H groups in total. The number of esters is 1. The van der Waals surface area contributed by atoms with Crippen LogP contribution in [0.25, 0.3) is 0 Å². The summed E-state index contributed by atoms with van der Waals surface area (Å²) in [7, 11) is 0. The Bertz CT molecular complexity index is 232. The fourth-order valence-corrected chi connectivity index (χ4v) is 2.05. The van der Waals surface area contributed by atoms with Gasteiger partial charge in [-0.05, 0) is 39.5 Å². The summed E-state index contributed by atoms with van der Waals surface area (Å²) in [5.41, 5.74) is 0.809. The highest BCUT2D eigenvalue weighted by molar-refractivity contribution is 5.78. The molecule has 0 aromatic carbocycles. The molecule has 1 aliphatic rings. The number of hydrogen-bond acceptors (Lipinski definition) is 2. The molecule has 0 unspecified atom stereocenters. The van der Waals surface area contributed by atoms with Crippen LogP contribution in [0, 0.1) is 11.3 Å². The van der Waals surface area contributed by atoms with E-state index < -0.39 is 0 Å². The van der Waals surface area contributed by atoms with Gasteiger partial charge in [0, 0.05) is 0 Å². The van der Waals surface area contributed by atoms with E-state index in [-0.39, 0.29) is 11.4 Å². The van der Waals surface area contributed by atoms with E-state index in [1.807, 2.05) is 20.8 Å². The average molecular weight is 182 g/mol. The molecule has 0 spiro atoms. The number of rotatable bonds is 3. The standard InChI is InChI=1S/C11H18O2/c1-5-13-10(12)11(4)7-6-9(11)8(2)3/h9H,2,5-7H2,1,3-4H3/t9-,11+/m1/s1. The lowest BCUT2D eigenvalue weighted by atomic mass is 9.59. The Hall–Kier alpha value is -0.790. The Balaban J connectivity index is 2.66. The molecule has 74 valence electrons. The van der Waals surface area contributed by atoms with Crippen LogP contribution in [0.1, 0.15) is 33.6 Å². The number of carbonyl (C=O) groups is 1. The van der Waals surface area contributed by atoms with E-state index in [0.29, 0.717) is 12.5 Å². The Morgan fingerprint density at radius 2 is 2.31 bits per heavy atom. The summed E-state index contributed by atoms with van der Waals surface area (Å²) in [5, 5.41) is 0. The Morgan fingerprint density at radius 1 is 1.69 bits per heavy atom. The number of carbonyl (C=O) groups excluding carboxylic acids is 1. The highest BCUT2D eigenvalue weighted by Gasteiger charge is 2.49. The van der Waals surface area contributed by atoms with Crippen molar-refractivity contribution in [1.82, 2.24) is 0 Å². The van der Waals surface area contributed by atoms with E-state index in [1.165, 1.54) is 0 Å². The van der Waals surface area contributed by atoms with Gasteiger partial charge in [-0.1, -0.05) is 12.2 Å². The zero-order chi connectivity index (χ0) is 10.1. The van der Waals surface area contributed by atoms with Gasteiger partial charge < -0.3 is 4.74 Å². The van der Waals surface area contributed by atoms with E-state index in [9.17, 15) is 4.79 Å². The lowest BCUT2D eigenvalue weighted by Gasteiger charge is -2.45. The first-order valence-corrected chi connectivity index (χ1v) is 4.85. The third-order valence-electron chi connectivity index (χ3n) is 3.06. The summed E-state index contributed by atoms with van der Waals surface area (Å²) in [6.07, 6.45) is 2.01. The predicted octanol–water partition coefficient (Wildman–Crippen LogP) is 2.54. The maximum Gasteiger partial charge on any atom is 0.312 e. The third-order valence-corrected chi connectivity index (χ3v) is 3.06. The van der Waals surface area contributed by atoms with Crippen molar-refractivity contribution in [2.45, 2.75) is 33.6 Å². The second kappa shape index (κ2) is 3.52. The molecule has 0 aromatic rings. The summed E-state index contributed by atoms with van der Waals surface area (Å²) in [4.78, 5) is 11.6. The van der Waals surface area contributed by atoms with Gasteiger partial charge in [-0.25, -0.2) is 0 Å². The molecule has 2 atom stereocenters. The van der Waals surface area contributed by atoms with Gasteiger partial charge in [0.25, 0.3) is 0 Å². The van der Waals surface area contributed by atoms with E-state index in [4.69, 9.17) is 4.74 Å². The Morgan fingerprint density at radius 3 is 2.62 bits per heavy atom. The van der Waals surface area contributed by atoms with Crippen LogP contribution in [0.4, 0.5) is 0 Å². The first-order chi connectivity index (χ1) is 6.02. The molecule has 13 heavy (non-hydrogen) atoms. The van der Waals surface area contributed by atoms with Crippen molar-refractivity contribution in [2.75, 3.05) is 6.61 Å². The second-order valence-corrected chi connectivity index (χ2v) is 4.08. The molecule has 0 bridgehead atoms. The van der Waals surface area contributed by atoms with Crippen molar-refractivity contribution in [2.24, 2.45) is 11.3 Å². The monoisotopic (exact) mass is 182 g/mol. The van der Waals surface area contributed by atoms with E-state index in [0.717, 1.165) is 18.4 Å². The summed E-state index contributed by atoms with van der Waals surface area (Å²) in [6.45, 7) is 10.2. The lowest BCUT2D eigenvalue weighted by Crippen LogP contribution is -2.45. The highest BCUT2D eigenvalue weighted by atomic mass is 16.5. The number of ether oxygens (including phenoxy) is 1. The minimum Gasteiger partial charge on any atom is -0.466 e. The van der Waals surface area contributed by atoms with Crippen LogP contribution in [-0.2, 0) is 9.53 Å². The molecule has 0 aromatic heterocycles. The molecule has 1 fully saturated rings. The first-order valence-electron chi connectivity index (χ1n) is 4.85. The van der Waals surface area contributed by atoms with Crippen LogP contribution in [0.3, 0.4) is 0 Å². The summed E-state index contributed by atoms with van der Waals surface area (Å²) in [6, 6.07) is 0. The topological polar surface area (TPSA) is 26.3 Å². The van der Waals surface area contributed by atoms with E-state index in [1.54, 1.807) is 0 Å². The van der Waals surface area contributed by atoms with Gasteiger partial charge in [0.2, 0.25) is 0 Å². The van der Waals surface area contributed by atoms with Crippen molar-refractivity contribution in [3.8, 4) is 0 Å². The van der Waals surface area contributed by atoms with Gasteiger partial charge in [0.15, 0.2) is 0 Å². The smallest absolute Gasteiger partial charge is 0.312 e. The maximum atomic E-state index is 11.6. The van der Waals surface area contributed by atoms with Gasteiger partial charge in [0.05, 0.1) is 12.0 Å².